The van der Waals surface area contributed by atoms with Gasteiger partial charge in [0.25, 0.3) is 0 Å². The van der Waals surface area contributed by atoms with Gasteiger partial charge in [0.15, 0.2) is 0 Å². The summed E-state index contributed by atoms with van der Waals surface area (Å²) in [5.41, 5.74) is 0.454. The second kappa shape index (κ2) is 6.52. The predicted molar refractivity (Wildman–Crippen MR) is 67.7 cm³/mol. The minimum Gasteiger partial charge on any atom is -0.469 e. The van der Waals surface area contributed by atoms with Crippen molar-refractivity contribution in [1.82, 2.24) is 0 Å². The van der Waals surface area contributed by atoms with Gasteiger partial charge in [-0.25, -0.2) is 9.78 Å². The molecule has 18 heavy (non-hydrogen) atoms. The van der Waals surface area contributed by atoms with Crippen LogP contribution in [0.25, 0.3) is 0 Å². The van der Waals surface area contributed by atoms with Crippen LogP contribution in [0, 0.1) is 0 Å². The highest BCUT2D eigenvalue weighted by Gasteiger charge is 2.21. The van der Waals surface area contributed by atoms with E-state index < -0.39 is 11.7 Å². The molecule has 0 saturated heterocycles. The topological polar surface area (TPSA) is 44.8 Å². The van der Waals surface area contributed by atoms with Gasteiger partial charge in [-0.15, -0.1) is 0 Å². The van der Waals surface area contributed by atoms with E-state index in [0.717, 1.165) is 5.56 Å². The van der Waals surface area contributed by atoms with Crippen LogP contribution in [0.3, 0.4) is 0 Å². The van der Waals surface area contributed by atoms with Crippen LogP contribution in [0.15, 0.2) is 30.3 Å². The van der Waals surface area contributed by atoms with Gasteiger partial charge in [-0.05, 0) is 26.3 Å². The van der Waals surface area contributed by atoms with Crippen LogP contribution in [0.4, 0.5) is 0 Å². The third-order valence-electron chi connectivity index (χ3n) is 2.17. The molecule has 0 heterocycles. The van der Waals surface area contributed by atoms with Gasteiger partial charge >= 0.3 is 5.97 Å². The quantitative estimate of drug-likeness (QED) is 0.459. The summed E-state index contributed by atoms with van der Waals surface area (Å²) >= 11 is 0. The standard InChI is InChI=1S/C14H20O4/c1-14(2,3)18-17-12(10-13(15)16-4)11-8-6-5-7-9-11/h5-9,12H,10H2,1-4H3. The van der Waals surface area contributed by atoms with Gasteiger partial charge < -0.3 is 4.74 Å². The van der Waals surface area contributed by atoms with Gasteiger partial charge in [-0.2, -0.15) is 0 Å². The van der Waals surface area contributed by atoms with E-state index in [1.807, 2.05) is 51.1 Å². The number of hydrogen-bond acceptors (Lipinski definition) is 4. The van der Waals surface area contributed by atoms with E-state index in [2.05, 4.69) is 4.74 Å². The fourth-order valence-corrected chi connectivity index (χ4v) is 1.31. The first-order valence-electron chi connectivity index (χ1n) is 5.88. The smallest absolute Gasteiger partial charge is 0.308 e. The number of esters is 1. The highest BCUT2D eigenvalue weighted by molar-refractivity contribution is 5.70. The summed E-state index contributed by atoms with van der Waals surface area (Å²) in [4.78, 5) is 22.0. The van der Waals surface area contributed by atoms with E-state index in [1.54, 1.807) is 0 Å². The van der Waals surface area contributed by atoms with Crippen molar-refractivity contribution in [1.29, 1.82) is 0 Å². The number of carbonyl (C=O) groups excluding carboxylic acids is 1. The van der Waals surface area contributed by atoms with Crippen molar-refractivity contribution < 1.29 is 19.3 Å². The minimum absolute atomic E-state index is 0.122. The van der Waals surface area contributed by atoms with Crippen LogP contribution in [0.5, 0.6) is 0 Å². The Balaban J connectivity index is 2.73. The molecule has 4 heteroatoms. The van der Waals surface area contributed by atoms with Crippen molar-refractivity contribution in [2.75, 3.05) is 7.11 Å². The molecule has 0 bridgehead atoms. The summed E-state index contributed by atoms with van der Waals surface area (Å²) in [6, 6.07) is 9.46. The molecule has 4 nitrogen and oxygen atoms in total. The molecular weight excluding hydrogens is 232 g/mol. The summed E-state index contributed by atoms with van der Waals surface area (Å²) in [5, 5.41) is 0. The molecule has 1 atom stereocenters. The Hall–Kier alpha value is -1.39. The van der Waals surface area contributed by atoms with Crippen LogP contribution in [0.2, 0.25) is 0 Å². The third kappa shape index (κ3) is 5.29. The fraction of sp³-hybridized carbons (Fsp3) is 0.500. The molecule has 1 unspecified atom stereocenters. The van der Waals surface area contributed by atoms with E-state index in [9.17, 15) is 4.79 Å². The van der Waals surface area contributed by atoms with Crippen molar-refractivity contribution in [3.8, 4) is 0 Å². The van der Waals surface area contributed by atoms with E-state index in [-0.39, 0.29) is 12.4 Å². The lowest BCUT2D eigenvalue weighted by atomic mass is 10.1. The Kier molecular flexibility index (Phi) is 5.31. The van der Waals surface area contributed by atoms with Crippen molar-refractivity contribution in [2.45, 2.75) is 38.9 Å². The second-order valence-corrected chi connectivity index (χ2v) is 4.97. The summed E-state index contributed by atoms with van der Waals surface area (Å²) in [5.74, 6) is -0.332. The van der Waals surface area contributed by atoms with Gasteiger partial charge in [0.1, 0.15) is 6.10 Å². The monoisotopic (exact) mass is 252 g/mol. The van der Waals surface area contributed by atoms with Gasteiger partial charge in [0, 0.05) is 0 Å². The van der Waals surface area contributed by atoms with E-state index in [0.29, 0.717) is 0 Å². The minimum atomic E-state index is -0.460. The lowest BCUT2D eigenvalue weighted by Gasteiger charge is -2.23. The second-order valence-electron chi connectivity index (χ2n) is 4.97. The van der Waals surface area contributed by atoms with Crippen LogP contribution in [-0.4, -0.2) is 18.7 Å². The molecule has 0 amide bonds. The van der Waals surface area contributed by atoms with Crippen LogP contribution in [0.1, 0.15) is 38.9 Å². The van der Waals surface area contributed by atoms with E-state index >= 15 is 0 Å². The summed E-state index contributed by atoms with van der Waals surface area (Å²) in [6.45, 7) is 5.65. The Morgan fingerprint density at radius 2 is 1.83 bits per heavy atom. The number of rotatable bonds is 5. The fourth-order valence-electron chi connectivity index (χ4n) is 1.31. The molecular formula is C14H20O4. The Labute approximate surface area is 108 Å². The number of carbonyl (C=O) groups is 1. The highest BCUT2D eigenvalue weighted by atomic mass is 17.2. The zero-order chi connectivity index (χ0) is 13.6. The maximum absolute atomic E-state index is 11.4. The normalized spacial score (nSPS) is 13.1. The predicted octanol–water partition coefficient (Wildman–Crippen LogP) is 3.04. The van der Waals surface area contributed by atoms with E-state index in [4.69, 9.17) is 9.78 Å². The average molecular weight is 252 g/mol. The van der Waals surface area contributed by atoms with Crippen molar-refractivity contribution >= 4 is 5.97 Å². The molecule has 0 fully saturated rings. The first-order chi connectivity index (χ1) is 8.42. The van der Waals surface area contributed by atoms with E-state index in [1.165, 1.54) is 7.11 Å². The molecule has 0 aromatic heterocycles. The molecule has 0 aliphatic carbocycles. The summed E-state index contributed by atoms with van der Waals surface area (Å²) < 4.78 is 4.66. The van der Waals surface area contributed by atoms with Crippen molar-refractivity contribution in [3.05, 3.63) is 35.9 Å². The molecule has 1 rings (SSSR count). The van der Waals surface area contributed by atoms with Gasteiger partial charge in [0.2, 0.25) is 0 Å². The van der Waals surface area contributed by atoms with Crippen molar-refractivity contribution in [3.63, 3.8) is 0 Å². The molecule has 0 N–H and O–H groups in total. The molecule has 0 radical (unpaired) electrons. The number of hydrogen-bond donors (Lipinski definition) is 0. The largest absolute Gasteiger partial charge is 0.469 e. The molecule has 0 saturated carbocycles. The lowest BCUT2D eigenvalue weighted by Crippen LogP contribution is -2.22. The third-order valence-corrected chi connectivity index (χ3v) is 2.17. The highest BCUT2D eigenvalue weighted by Crippen LogP contribution is 2.24. The maximum atomic E-state index is 11.4. The Morgan fingerprint density at radius 1 is 1.22 bits per heavy atom. The number of methoxy groups -OCH3 is 1. The summed E-state index contributed by atoms with van der Waals surface area (Å²) in [7, 11) is 1.36. The molecule has 1 aromatic rings. The number of ether oxygens (including phenoxy) is 1. The SMILES string of the molecule is COC(=O)CC(OOC(C)(C)C)c1ccccc1. The molecule has 0 spiro atoms. The van der Waals surface area contributed by atoms with Crippen molar-refractivity contribution in [2.24, 2.45) is 0 Å². The first-order valence-corrected chi connectivity index (χ1v) is 5.88. The molecule has 1 aromatic carbocycles. The van der Waals surface area contributed by atoms with Gasteiger partial charge in [-0.1, -0.05) is 30.3 Å². The Morgan fingerprint density at radius 3 is 2.33 bits per heavy atom. The first kappa shape index (κ1) is 14.7. The molecule has 0 aliphatic heterocycles. The van der Waals surface area contributed by atoms with Crippen LogP contribution in [-0.2, 0) is 19.3 Å². The summed E-state index contributed by atoms with van der Waals surface area (Å²) in [6.07, 6.45) is -0.339. The zero-order valence-electron chi connectivity index (χ0n) is 11.3. The molecule has 100 valence electrons. The molecule has 0 aliphatic rings. The van der Waals surface area contributed by atoms with Gasteiger partial charge in [-0.3, -0.25) is 4.79 Å². The lowest BCUT2D eigenvalue weighted by molar-refractivity contribution is -0.376. The number of benzene rings is 1. The van der Waals surface area contributed by atoms with Gasteiger partial charge in [0.05, 0.1) is 19.1 Å². The maximum Gasteiger partial charge on any atom is 0.308 e. The Bertz CT molecular complexity index is 367. The van der Waals surface area contributed by atoms with Crippen LogP contribution < -0.4 is 0 Å². The van der Waals surface area contributed by atoms with Crippen LogP contribution >= 0.6 is 0 Å². The average Bonchev–Trinajstić information content (AvgIpc) is 2.34. The zero-order valence-corrected chi connectivity index (χ0v) is 11.3.